The zero-order valence-electron chi connectivity index (χ0n) is 12.7. The second kappa shape index (κ2) is 5.70. The predicted molar refractivity (Wildman–Crippen MR) is 81.2 cm³/mol. The molecule has 2 aliphatic rings. The van der Waals surface area contributed by atoms with Crippen LogP contribution in [0.1, 0.15) is 43.9 Å². The highest BCUT2D eigenvalue weighted by atomic mass is 16.5. The molecule has 4 nitrogen and oxygen atoms in total. The monoisotopic (exact) mass is 275 g/mol. The summed E-state index contributed by atoms with van der Waals surface area (Å²) >= 11 is 0. The zero-order chi connectivity index (χ0) is 14.1. The molecule has 2 bridgehead atoms. The fourth-order valence-electron chi connectivity index (χ4n) is 3.16. The van der Waals surface area contributed by atoms with E-state index < -0.39 is 0 Å². The van der Waals surface area contributed by atoms with Crippen molar-refractivity contribution in [2.45, 2.75) is 51.4 Å². The minimum Gasteiger partial charge on any atom is -0.371 e. The van der Waals surface area contributed by atoms with E-state index in [1.54, 1.807) is 0 Å². The van der Waals surface area contributed by atoms with Crippen LogP contribution < -0.4 is 10.2 Å². The maximum atomic E-state index is 5.92. The highest BCUT2D eigenvalue weighted by Gasteiger charge is 2.34. The predicted octanol–water partition coefficient (Wildman–Crippen LogP) is 2.29. The van der Waals surface area contributed by atoms with Crippen molar-refractivity contribution in [2.24, 2.45) is 0 Å². The molecular weight excluding hydrogens is 250 g/mol. The summed E-state index contributed by atoms with van der Waals surface area (Å²) < 4.78 is 5.92. The minimum absolute atomic E-state index is 0.408. The Kier molecular flexibility index (Phi) is 3.94. The van der Waals surface area contributed by atoms with Crippen LogP contribution in [0, 0.1) is 0 Å². The number of anilines is 1. The van der Waals surface area contributed by atoms with Gasteiger partial charge < -0.3 is 15.0 Å². The van der Waals surface area contributed by atoms with Gasteiger partial charge in [0.05, 0.1) is 12.2 Å². The van der Waals surface area contributed by atoms with Crippen LogP contribution in [0.15, 0.2) is 12.1 Å². The van der Waals surface area contributed by atoms with Crippen molar-refractivity contribution in [1.29, 1.82) is 0 Å². The van der Waals surface area contributed by atoms with Gasteiger partial charge in [0.2, 0.25) is 0 Å². The van der Waals surface area contributed by atoms with E-state index in [1.807, 2.05) is 7.05 Å². The molecule has 1 aromatic rings. The molecule has 0 aliphatic carbocycles. The molecular formula is C16H25N3O. The average Bonchev–Trinajstić information content (AvgIpc) is 2.77. The Hall–Kier alpha value is -1.13. The maximum absolute atomic E-state index is 5.92. The van der Waals surface area contributed by atoms with Crippen LogP contribution in [-0.4, -0.2) is 37.3 Å². The summed E-state index contributed by atoms with van der Waals surface area (Å²) in [5.74, 6) is 1.59. The van der Waals surface area contributed by atoms with Crippen molar-refractivity contribution in [1.82, 2.24) is 10.3 Å². The standard InChI is InChI=1S/C16H25N3O/c1-11(2)15-6-12(8-17-3)7-16(18-15)19-9-13-4-5-14(10-19)20-13/h6-7,11,13-14,17H,4-5,8-10H2,1-3H3. The van der Waals surface area contributed by atoms with Gasteiger partial charge in [-0.15, -0.1) is 0 Å². The first-order valence-corrected chi connectivity index (χ1v) is 7.71. The van der Waals surface area contributed by atoms with Crippen LogP contribution in [0.4, 0.5) is 5.82 Å². The van der Waals surface area contributed by atoms with Crippen molar-refractivity contribution in [3.05, 3.63) is 23.4 Å². The van der Waals surface area contributed by atoms with E-state index in [1.165, 1.54) is 24.1 Å². The first kappa shape index (κ1) is 13.8. The molecule has 0 spiro atoms. The van der Waals surface area contributed by atoms with Crippen LogP contribution in [0.5, 0.6) is 0 Å². The van der Waals surface area contributed by atoms with Gasteiger partial charge in [0.25, 0.3) is 0 Å². The number of nitrogens with one attached hydrogen (secondary N) is 1. The van der Waals surface area contributed by atoms with Crippen LogP contribution in [-0.2, 0) is 11.3 Å². The lowest BCUT2D eigenvalue weighted by molar-refractivity contribution is 0.0302. The van der Waals surface area contributed by atoms with E-state index >= 15 is 0 Å². The molecule has 110 valence electrons. The maximum Gasteiger partial charge on any atom is 0.129 e. The number of pyridine rings is 1. The molecule has 20 heavy (non-hydrogen) atoms. The second-order valence-electron chi connectivity index (χ2n) is 6.31. The third kappa shape index (κ3) is 2.81. The minimum atomic E-state index is 0.408. The Bertz CT molecular complexity index is 463. The van der Waals surface area contributed by atoms with Crippen molar-refractivity contribution in [2.75, 3.05) is 25.0 Å². The topological polar surface area (TPSA) is 37.4 Å². The number of ether oxygens (including phenoxy) is 1. The Morgan fingerprint density at radius 1 is 1.30 bits per heavy atom. The van der Waals surface area contributed by atoms with Gasteiger partial charge in [-0.3, -0.25) is 0 Å². The summed E-state index contributed by atoms with van der Waals surface area (Å²) in [7, 11) is 1.99. The number of aromatic nitrogens is 1. The van der Waals surface area contributed by atoms with Crippen molar-refractivity contribution in [3.8, 4) is 0 Å². The lowest BCUT2D eigenvalue weighted by Crippen LogP contribution is -2.43. The van der Waals surface area contributed by atoms with Crippen molar-refractivity contribution >= 4 is 5.82 Å². The second-order valence-corrected chi connectivity index (χ2v) is 6.31. The number of fused-ring (bicyclic) bond motifs is 2. The molecule has 0 saturated carbocycles. The number of rotatable bonds is 4. The number of nitrogens with zero attached hydrogens (tertiary/aromatic N) is 2. The molecule has 3 heterocycles. The Balaban J connectivity index is 1.87. The van der Waals surface area contributed by atoms with Gasteiger partial charge in [-0.25, -0.2) is 4.98 Å². The lowest BCUT2D eigenvalue weighted by Gasteiger charge is -2.33. The van der Waals surface area contributed by atoms with E-state index in [0.29, 0.717) is 18.1 Å². The lowest BCUT2D eigenvalue weighted by atomic mass is 10.1. The van der Waals surface area contributed by atoms with Gasteiger partial charge in [-0.05, 0) is 43.5 Å². The van der Waals surface area contributed by atoms with Crippen molar-refractivity contribution in [3.63, 3.8) is 0 Å². The summed E-state index contributed by atoms with van der Waals surface area (Å²) in [5, 5.41) is 3.24. The molecule has 3 rings (SSSR count). The molecule has 2 atom stereocenters. The van der Waals surface area contributed by atoms with Crippen LogP contribution in [0.2, 0.25) is 0 Å². The van der Waals surface area contributed by atoms with Crippen LogP contribution in [0.25, 0.3) is 0 Å². The van der Waals surface area contributed by atoms with E-state index in [9.17, 15) is 0 Å². The molecule has 2 unspecified atom stereocenters. The van der Waals surface area contributed by atoms with Crippen LogP contribution in [0.3, 0.4) is 0 Å². The van der Waals surface area contributed by atoms with Crippen molar-refractivity contribution < 1.29 is 4.74 Å². The quantitative estimate of drug-likeness (QED) is 0.915. The number of morpholine rings is 1. The molecule has 2 fully saturated rings. The van der Waals surface area contributed by atoms with Gasteiger partial charge in [0, 0.05) is 25.3 Å². The third-order valence-corrected chi connectivity index (χ3v) is 4.23. The summed E-state index contributed by atoms with van der Waals surface area (Å²) in [6.45, 7) is 7.29. The SMILES string of the molecule is CNCc1cc(C(C)C)nc(N2CC3CCC(C2)O3)c1. The summed E-state index contributed by atoms with van der Waals surface area (Å²) in [6.07, 6.45) is 3.22. The highest BCUT2D eigenvalue weighted by Crippen LogP contribution is 2.30. The number of hydrogen-bond acceptors (Lipinski definition) is 4. The molecule has 0 radical (unpaired) electrons. The average molecular weight is 275 g/mol. The first-order chi connectivity index (χ1) is 9.65. The van der Waals surface area contributed by atoms with Gasteiger partial charge >= 0.3 is 0 Å². The smallest absolute Gasteiger partial charge is 0.129 e. The van der Waals surface area contributed by atoms with E-state index in [4.69, 9.17) is 9.72 Å². The van der Waals surface area contributed by atoms with Gasteiger partial charge in [0.1, 0.15) is 5.82 Å². The molecule has 1 N–H and O–H groups in total. The third-order valence-electron chi connectivity index (χ3n) is 4.23. The van der Waals surface area contributed by atoms with Crippen LogP contribution >= 0.6 is 0 Å². The molecule has 0 amide bonds. The fraction of sp³-hybridized carbons (Fsp3) is 0.688. The largest absolute Gasteiger partial charge is 0.371 e. The van der Waals surface area contributed by atoms with Gasteiger partial charge in [-0.2, -0.15) is 0 Å². The fourth-order valence-corrected chi connectivity index (χ4v) is 3.16. The Morgan fingerprint density at radius 2 is 2.00 bits per heavy atom. The van der Waals surface area contributed by atoms with Gasteiger partial charge in [-0.1, -0.05) is 13.8 Å². The normalized spacial score (nSPS) is 25.5. The van der Waals surface area contributed by atoms with E-state index in [0.717, 1.165) is 25.5 Å². The van der Waals surface area contributed by atoms with Gasteiger partial charge in [0.15, 0.2) is 0 Å². The Labute approximate surface area is 121 Å². The highest BCUT2D eigenvalue weighted by molar-refractivity contribution is 5.44. The molecule has 0 aromatic carbocycles. The summed E-state index contributed by atoms with van der Waals surface area (Å²) in [6, 6.07) is 4.45. The molecule has 1 aromatic heterocycles. The zero-order valence-corrected chi connectivity index (χ0v) is 12.7. The summed E-state index contributed by atoms with van der Waals surface area (Å²) in [5.41, 5.74) is 2.51. The Morgan fingerprint density at radius 3 is 2.60 bits per heavy atom. The molecule has 4 heteroatoms. The first-order valence-electron chi connectivity index (χ1n) is 7.71. The molecule has 2 aliphatic heterocycles. The number of hydrogen-bond donors (Lipinski definition) is 1. The molecule has 2 saturated heterocycles. The van der Waals surface area contributed by atoms with E-state index in [2.05, 4.69) is 36.2 Å². The summed E-state index contributed by atoms with van der Waals surface area (Å²) in [4.78, 5) is 7.29. The van der Waals surface area contributed by atoms with E-state index in [-0.39, 0.29) is 0 Å².